The van der Waals surface area contributed by atoms with Crippen LogP contribution < -0.4 is 11.3 Å². The van der Waals surface area contributed by atoms with Crippen LogP contribution in [0.15, 0.2) is 34.7 Å². The Kier molecular flexibility index (Phi) is 4.58. The number of rotatable bonds is 5. The van der Waals surface area contributed by atoms with Crippen LogP contribution >= 0.6 is 11.6 Å². The molecule has 2 aromatic rings. The Morgan fingerprint density at radius 3 is 2.74 bits per heavy atom. The van der Waals surface area contributed by atoms with Gasteiger partial charge in [-0.3, -0.25) is 5.84 Å². The number of nitrogens with two attached hydrogens (primary N) is 1. The van der Waals surface area contributed by atoms with E-state index in [0.29, 0.717) is 11.4 Å². The fourth-order valence-corrected chi connectivity index (χ4v) is 2.16. The molecular weight excluding hydrogens is 267 g/mol. The predicted octanol–water partition coefficient (Wildman–Crippen LogP) is 3.38. The molecule has 102 valence electrons. The standard InChI is InChI=1S/C14H16ClFN2O/c1-2-11-5-6-14(19-11)13(18-17)7-9-3-4-10(16)8-12(9)15/h3-6,8,13,18H,2,7,17H2,1H3. The second-order valence-electron chi connectivity index (χ2n) is 4.32. The summed E-state index contributed by atoms with van der Waals surface area (Å²) < 4.78 is 18.7. The van der Waals surface area contributed by atoms with Crippen molar-refractivity contribution in [1.29, 1.82) is 0 Å². The molecule has 5 heteroatoms. The second-order valence-corrected chi connectivity index (χ2v) is 4.72. The van der Waals surface area contributed by atoms with E-state index in [0.717, 1.165) is 23.5 Å². The third-order valence-electron chi connectivity index (χ3n) is 3.01. The monoisotopic (exact) mass is 282 g/mol. The molecule has 1 aromatic carbocycles. The fourth-order valence-electron chi connectivity index (χ4n) is 1.92. The van der Waals surface area contributed by atoms with Crippen LogP contribution in [0.25, 0.3) is 0 Å². The van der Waals surface area contributed by atoms with Crippen molar-refractivity contribution in [3.8, 4) is 0 Å². The molecule has 2 rings (SSSR count). The largest absolute Gasteiger partial charge is 0.464 e. The lowest BCUT2D eigenvalue weighted by Gasteiger charge is -2.14. The minimum atomic E-state index is -0.350. The molecule has 0 fully saturated rings. The summed E-state index contributed by atoms with van der Waals surface area (Å²) in [6.45, 7) is 2.02. The van der Waals surface area contributed by atoms with Gasteiger partial charge in [0, 0.05) is 11.4 Å². The van der Waals surface area contributed by atoms with Crippen LogP contribution in [0, 0.1) is 5.82 Å². The Balaban J connectivity index is 2.18. The third kappa shape index (κ3) is 3.35. The van der Waals surface area contributed by atoms with E-state index < -0.39 is 0 Å². The van der Waals surface area contributed by atoms with Crippen LogP contribution in [-0.4, -0.2) is 0 Å². The van der Waals surface area contributed by atoms with Crippen LogP contribution in [0.3, 0.4) is 0 Å². The van der Waals surface area contributed by atoms with Crippen molar-refractivity contribution >= 4 is 11.6 Å². The van der Waals surface area contributed by atoms with Gasteiger partial charge in [0.1, 0.15) is 17.3 Å². The highest BCUT2D eigenvalue weighted by Crippen LogP contribution is 2.25. The average Bonchev–Trinajstić information content (AvgIpc) is 2.86. The van der Waals surface area contributed by atoms with E-state index in [-0.39, 0.29) is 11.9 Å². The van der Waals surface area contributed by atoms with E-state index in [4.69, 9.17) is 21.9 Å². The predicted molar refractivity (Wildman–Crippen MR) is 73.3 cm³/mol. The van der Waals surface area contributed by atoms with E-state index in [1.165, 1.54) is 12.1 Å². The minimum absolute atomic E-state index is 0.191. The van der Waals surface area contributed by atoms with Gasteiger partial charge in [-0.2, -0.15) is 0 Å². The summed E-state index contributed by atoms with van der Waals surface area (Å²) in [5, 5.41) is 0.391. The Labute approximate surface area is 116 Å². The van der Waals surface area contributed by atoms with E-state index >= 15 is 0 Å². The average molecular weight is 283 g/mol. The Morgan fingerprint density at radius 1 is 1.37 bits per heavy atom. The molecule has 0 spiro atoms. The van der Waals surface area contributed by atoms with Crippen molar-refractivity contribution in [2.45, 2.75) is 25.8 Å². The highest BCUT2D eigenvalue weighted by molar-refractivity contribution is 6.31. The first-order valence-electron chi connectivity index (χ1n) is 6.12. The zero-order valence-corrected chi connectivity index (χ0v) is 11.4. The maximum atomic E-state index is 13.0. The summed E-state index contributed by atoms with van der Waals surface area (Å²) in [6, 6.07) is 7.96. The summed E-state index contributed by atoms with van der Waals surface area (Å²) in [5.74, 6) is 6.86. The van der Waals surface area contributed by atoms with E-state index in [2.05, 4.69) is 5.43 Å². The quantitative estimate of drug-likeness (QED) is 0.653. The van der Waals surface area contributed by atoms with Gasteiger partial charge in [0.2, 0.25) is 0 Å². The van der Waals surface area contributed by atoms with Crippen LogP contribution in [0.4, 0.5) is 4.39 Å². The number of hydrogen-bond donors (Lipinski definition) is 2. The van der Waals surface area contributed by atoms with E-state index in [1.54, 1.807) is 6.07 Å². The maximum absolute atomic E-state index is 13.0. The van der Waals surface area contributed by atoms with Crippen LogP contribution in [-0.2, 0) is 12.8 Å². The molecule has 1 heterocycles. The second kappa shape index (κ2) is 6.19. The highest BCUT2D eigenvalue weighted by Gasteiger charge is 2.16. The van der Waals surface area contributed by atoms with Gasteiger partial charge in [-0.1, -0.05) is 24.6 Å². The van der Waals surface area contributed by atoms with Gasteiger partial charge in [0.05, 0.1) is 6.04 Å². The molecule has 3 nitrogen and oxygen atoms in total. The van der Waals surface area contributed by atoms with Crippen molar-refractivity contribution < 1.29 is 8.81 Å². The Morgan fingerprint density at radius 2 is 2.16 bits per heavy atom. The zero-order valence-electron chi connectivity index (χ0n) is 10.6. The molecule has 1 unspecified atom stereocenters. The van der Waals surface area contributed by atoms with Crippen LogP contribution in [0.5, 0.6) is 0 Å². The lowest BCUT2D eigenvalue weighted by molar-refractivity contribution is 0.396. The molecule has 0 radical (unpaired) electrons. The first kappa shape index (κ1) is 14.1. The van der Waals surface area contributed by atoms with Crippen LogP contribution in [0.2, 0.25) is 5.02 Å². The number of furan rings is 1. The molecule has 3 N–H and O–H groups in total. The molecule has 0 aliphatic rings. The molecule has 0 saturated heterocycles. The topological polar surface area (TPSA) is 51.2 Å². The molecule has 0 saturated carbocycles. The molecule has 1 aromatic heterocycles. The van der Waals surface area contributed by atoms with Gasteiger partial charge in [-0.25, -0.2) is 9.82 Å². The third-order valence-corrected chi connectivity index (χ3v) is 3.37. The first-order chi connectivity index (χ1) is 9.13. The number of aryl methyl sites for hydroxylation is 1. The number of halogens is 2. The summed E-state index contributed by atoms with van der Waals surface area (Å²) in [7, 11) is 0. The number of nitrogens with one attached hydrogen (secondary N) is 1. The molecule has 0 aliphatic carbocycles. The number of hydrogen-bond acceptors (Lipinski definition) is 3. The van der Waals surface area contributed by atoms with Crippen molar-refractivity contribution in [3.05, 3.63) is 58.3 Å². The molecule has 0 amide bonds. The normalized spacial score (nSPS) is 12.6. The van der Waals surface area contributed by atoms with Gasteiger partial charge >= 0.3 is 0 Å². The first-order valence-corrected chi connectivity index (χ1v) is 6.50. The van der Waals surface area contributed by atoms with Gasteiger partial charge in [0.25, 0.3) is 0 Å². The summed E-state index contributed by atoms with van der Waals surface area (Å²) >= 11 is 6.01. The van der Waals surface area contributed by atoms with Gasteiger partial charge in [-0.05, 0) is 36.2 Å². The summed E-state index contributed by atoms with van der Waals surface area (Å²) in [4.78, 5) is 0. The van der Waals surface area contributed by atoms with E-state index in [1.807, 2.05) is 19.1 Å². The summed E-state index contributed by atoms with van der Waals surface area (Å²) in [6.07, 6.45) is 1.36. The van der Waals surface area contributed by atoms with Crippen molar-refractivity contribution in [3.63, 3.8) is 0 Å². The molecular formula is C14H16ClFN2O. The Hall–Kier alpha value is -1.36. The molecule has 0 bridgehead atoms. The van der Waals surface area contributed by atoms with Gasteiger partial charge in [-0.15, -0.1) is 0 Å². The minimum Gasteiger partial charge on any atom is -0.464 e. The molecule has 1 atom stereocenters. The van der Waals surface area contributed by atoms with E-state index in [9.17, 15) is 4.39 Å². The van der Waals surface area contributed by atoms with Gasteiger partial charge < -0.3 is 4.42 Å². The molecule has 0 aliphatic heterocycles. The fraction of sp³-hybridized carbons (Fsp3) is 0.286. The lowest BCUT2D eigenvalue weighted by atomic mass is 10.0. The lowest BCUT2D eigenvalue weighted by Crippen LogP contribution is -2.29. The van der Waals surface area contributed by atoms with Crippen LogP contribution in [0.1, 0.15) is 30.0 Å². The van der Waals surface area contributed by atoms with Gasteiger partial charge in [0.15, 0.2) is 0 Å². The summed E-state index contributed by atoms with van der Waals surface area (Å²) in [5.41, 5.74) is 3.52. The maximum Gasteiger partial charge on any atom is 0.124 e. The van der Waals surface area contributed by atoms with Crippen molar-refractivity contribution in [2.24, 2.45) is 5.84 Å². The molecule has 19 heavy (non-hydrogen) atoms. The SMILES string of the molecule is CCc1ccc(C(Cc2ccc(F)cc2Cl)NN)o1. The number of benzene rings is 1. The highest BCUT2D eigenvalue weighted by atomic mass is 35.5. The van der Waals surface area contributed by atoms with Crippen molar-refractivity contribution in [2.75, 3.05) is 0 Å². The van der Waals surface area contributed by atoms with Crippen molar-refractivity contribution in [1.82, 2.24) is 5.43 Å². The zero-order chi connectivity index (χ0) is 13.8. The smallest absolute Gasteiger partial charge is 0.124 e. The number of hydrazine groups is 1. The Bertz CT molecular complexity index is 556.